The molecule has 0 fully saturated rings. The number of ether oxygens (including phenoxy) is 1. The summed E-state index contributed by atoms with van der Waals surface area (Å²) in [6, 6.07) is 4.10. The first-order chi connectivity index (χ1) is 8.76. The van der Waals surface area contributed by atoms with Crippen molar-refractivity contribution in [3.05, 3.63) is 34.6 Å². The molecular formula is C13H19ClFNO3. The van der Waals surface area contributed by atoms with Crippen molar-refractivity contribution in [1.82, 2.24) is 5.32 Å². The summed E-state index contributed by atoms with van der Waals surface area (Å²) in [7, 11) is 1.00. The Balaban J connectivity index is 0.00000154. The van der Waals surface area contributed by atoms with E-state index in [1.165, 1.54) is 12.1 Å². The molecule has 0 heterocycles. The first kappa shape index (κ1) is 17.7. The summed E-state index contributed by atoms with van der Waals surface area (Å²) in [4.78, 5) is 11.3. The summed E-state index contributed by atoms with van der Waals surface area (Å²) in [5, 5.41) is 9.82. The molecule has 108 valence electrons. The Kier molecular flexibility index (Phi) is 7.41. The lowest BCUT2D eigenvalue weighted by Gasteiger charge is -2.19. The van der Waals surface area contributed by atoms with Gasteiger partial charge in [0.1, 0.15) is 11.4 Å². The van der Waals surface area contributed by atoms with E-state index in [9.17, 15) is 9.18 Å². The van der Waals surface area contributed by atoms with Crippen molar-refractivity contribution >= 4 is 17.7 Å². The Labute approximate surface area is 117 Å². The molecule has 0 aromatic heterocycles. The van der Waals surface area contributed by atoms with E-state index in [4.69, 9.17) is 21.4 Å². The number of carbonyl (C=O) groups is 1. The molecule has 0 aliphatic heterocycles. The van der Waals surface area contributed by atoms with Gasteiger partial charge in [-0.3, -0.25) is 0 Å². The van der Waals surface area contributed by atoms with Gasteiger partial charge in [-0.05, 0) is 44.5 Å². The van der Waals surface area contributed by atoms with E-state index in [1.807, 2.05) is 0 Å². The second-order valence-electron chi connectivity index (χ2n) is 4.63. The quantitative estimate of drug-likeness (QED) is 0.880. The van der Waals surface area contributed by atoms with Crippen molar-refractivity contribution in [3.63, 3.8) is 0 Å². The van der Waals surface area contributed by atoms with Crippen LogP contribution in [-0.2, 0) is 11.3 Å². The van der Waals surface area contributed by atoms with Gasteiger partial charge >= 0.3 is 6.09 Å². The number of nitrogens with one attached hydrogen (secondary N) is 1. The van der Waals surface area contributed by atoms with E-state index in [1.54, 1.807) is 26.8 Å². The van der Waals surface area contributed by atoms with E-state index in [2.05, 4.69) is 5.32 Å². The smallest absolute Gasteiger partial charge is 0.407 e. The van der Waals surface area contributed by atoms with Crippen molar-refractivity contribution < 1.29 is 19.0 Å². The van der Waals surface area contributed by atoms with Gasteiger partial charge in [0, 0.05) is 18.7 Å². The van der Waals surface area contributed by atoms with E-state index >= 15 is 0 Å². The van der Waals surface area contributed by atoms with Crippen LogP contribution in [0.1, 0.15) is 26.3 Å². The summed E-state index contributed by atoms with van der Waals surface area (Å²) in [5.74, 6) is -0.432. The number of hydrogen-bond donors (Lipinski definition) is 2. The van der Waals surface area contributed by atoms with Crippen molar-refractivity contribution in [2.75, 3.05) is 7.11 Å². The van der Waals surface area contributed by atoms with Gasteiger partial charge in [-0.2, -0.15) is 0 Å². The molecule has 0 spiro atoms. The van der Waals surface area contributed by atoms with Gasteiger partial charge in [-0.1, -0.05) is 11.6 Å². The molecule has 2 N–H and O–H groups in total. The Morgan fingerprint density at radius 3 is 2.42 bits per heavy atom. The van der Waals surface area contributed by atoms with Crippen LogP contribution in [0.15, 0.2) is 18.2 Å². The fraction of sp³-hybridized carbons (Fsp3) is 0.462. The predicted molar refractivity (Wildman–Crippen MR) is 72.6 cm³/mol. The largest absolute Gasteiger partial charge is 0.444 e. The lowest BCUT2D eigenvalue weighted by molar-refractivity contribution is 0.0523. The van der Waals surface area contributed by atoms with Gasteiger partial charge < -0.3 is 15.2 Å². The number of alkyl carbamates (subject to hydrolysis) is 1. The van der Waals surface area contributed by atoms with Crippen molar-refractivity contribution in [3.8, 4) is 0 Å². The lowest BCUT2D eigenvalue weighted by Crippen LogP contribution is -2.32. The molecule has 0 saturated carbocycles. The highest BCUT2D eigenvalue weighted by Crippen LogP contribution is 2.14. The third-order valence-corrected chi connectivity index (χ3v) is 1.98. The van der Waals surface area contributed by atoms with Crippen LogP contribution in [0.25, 0.3) is 0 Å². The summed E-state index contributed by atoms with van der Waals surface area (Å²) >= 11 is 5.69. The molecule has 0 atom stereocenters. The highest BCUT2D eigenvalue weighted by molar-refractivity contribution is 6.30. The fourth-order valence-corrected chi connectivity index (χ4v) is 1.45. The third kappa shape index (κ3) is 8.40. The van der Waals surface area contributed by atoms with Gasteiger partial charge in [0.25, 0.3) is 0 Å². The minimum Gasteiger partial charge on any atom is -0.444 e. The topological polar surface area (TPSA) is 58.6 Å². The molecule has 0 unspecified atom stereocenters. The van der Waals surface area contributed by atoms with Gasteiger partial charge in [-0.15, -0.1) is 0 Å². The maximum Gasteiger partial charge on any atom is 0.407 e. The second kappa shape index (κ2) is 7.96. The van der Waals surface area contributed by atoms with Crippen LogP contribution < -0.4 is 5.32 Å². The lowest BCUT2D eigenvalue weighted by atomic mass is 10.2. The molecule has 19 heavy (non-hydrogen) atoms. The minimum atomic E-state index is -0.552. The van der Waals surface area contributed by atoms with E-state index in [0.29, 0.717) is 10.6 Å². The third-order valence-electron chi connectivity index (χ3n) is 1.76. The maximum absolute atomic E-state index is 13.0. The molecule has 4 nitrogen and oxygen atoms in total. The normalized spacial score (nSPS) is 10.3. The van der Waals surface area contributed by atoms with Crippen LogP contribution in [0, 0.1) is 5.82 Å². The number of amides is 1. The molecule has 1 aromatic carbocycles. The number of aliphatic hydroxyl groups excluding tert-OH is 1. The number of aliphatic hydroxyl groups is 1. The Morgan fingerprint density at radius 1 is 1.37 bits per heavy atom. The molecular weight excluding hydrogens is 273 g/mol. The zero-order valence-electron chi connectivity index (χ0n) is 11.5. The van der Waals surface area contributed by atoms with Crippen LogP contribution in [0.5, 0.6) is 0 Å². The maximum atomic E-state index is 13.0. The average molecular weight is 292 g/mol. The number of benzene rings is 1. The molecule has 0 aliphatic rings. The highest BCUT2D eigenvalue weighted by atomic mass is 35.5. The molecule has 1 aromatic rings. The van der Waals surface area contributed by atoms with E-state index in [-0.39, 0.29) is 6.54 Å². The Hall–Kier alpha value is -1.33. The zero-order chi connectivity index (χ0) is 15.1. The summed E-state index contributed by atoms with van der Waals surface area (Å²) in [5.41, 5.74) is 0.0322. The van der Waals surface area contributed by atoms with Crippen LogP contribution in [-0.4, -0.2) is 23.9 Å². The van der Waals surface area contributed by atoms with Gasteiger partial charge in [0.2, 0.25) is 0 Å². The first-order valence-corrected chi connectivity index (χ1v) is 6.00. The summed E-state index contributed by atoms with van der Waals surface area (Å²) in [6.45, 7) is 5.48. The number of rotatable bonds is 2. The van der Waals surface area contributed by atoms with E-state index < -0.39 is 17.5 Å². The fourth-order valence-electron chi connectivity index (χ4n) is 1.20. The Bertz CT molecular complexity index is 399. The number of carbonyl (C=O) groups excluding carboxylic acids is 1. The van der Waals surface area contributed by atoms with Gasteiger partial charge in [-0.25, -0.2) is 9.18 Å². The SMILES string of the molecule is CC(C)(C)OC(=O)NCc1cc(F)cc(Cl)c1.CO. The molecule has 1 rings (SSSR count). The molecule has 0 radical (unpaired) electrons. The molecule has 0 aliphatic carbocycles. The van der Waals surface area contributed by atoms with Crippen LogP contribution in [0.2, 0.25) is 5.02 Å². The average Bonchev–Trinajstić information content (AvgIpc) is 2.25. The van der Waals surface area contributed by atoms with Crippen LogP contribution >= 0.6 is 11.6 Å². The minimum absolute atomic E-state index is 0.173. The van der Waals surface area contributed by atoms with E-state index in [0.717, 1.165) is 7.11 Å². The van der Waals surface area contributed by atoms with Crippen molar-refractivity contribution in [2.45, 2.75) is 32.9 Å². The monoisotopic (exact) mass is 291 g/mol. The highest BCUT2D eigenvalue weighted by Gasteiger charge is 2.15. The second-order valence-corrected chi connectivity index (χ2v) is 5.07. The summed E-state index contributed by atoms with van der Waals surface area (Å²) in [6.07, 6.45) is -0.544. The standard InChI is InChI=1S/C12H15ClFNO2.CH4O/c1-12(2,3)17-11(16)15-7-8-4-9(13)6-10(14)5-8;1-2/h4-6H,7H2,1-3H3,(H,15,16);2H,1H3. The van der Waals surface area contributed by atoms with Gasteiger partial charge in [0.15, 0.2) is 0 Å². The van der Waals surface area contributed by atoms with Crippen molar-refractivity contribution in [2.24, 2.45) is 0 Å². The number of halogens is 2. The Morgan fingerprint density at radius 2 is 1.95 bits per heavy atom. The van der Waals surface area contributed by atoms with Gasteiger partial charge in [0.05, 0.1) is 0 Å². The van der Waals surface area contributed by atoms with Crippen molar-refractivity contribution in [1.29, 1.82) is 0 Å². The molecule has 0 bridgehead atoms. The predicted octanol–water partition coefficient (Wildman–Crippen LogP) is 3.11. The molecule has 6 heteroatoms. The van der Waals surface area contributed by atoms with Crippen LogP contribution in [0.3, 0.4) is 0 Å². The molecule has 0 saturated heterocycles. The summed E-state index contributed by atoms with van der Waals surface area (Å²) < 4.78 is 18.0. The number of hydrogen-bond acceptors (Lipinski definition) is 3. The first-order valence-electron chi connectivity index (χ1n) is 5.63. The zero-order valence-corrected chi connectivity index (χ0v) is 12.2. The van der Waals surface area contributed by atoms with Crippen LogP contribution in [0.4, 0.5) is 9.18 Å². The molecule has 1 amide bonds.